The van der Waals surface area contributed by atoms with E-state index in [0.717, 1.165) is 37.2 Å². The number of amides is 2. The van der Waals surface area contributed by atoms with E-state index in [0.29, 0.717) is 39.7 Å². The summed E-state index contributed by atoms with van der Waals surface area (Å²) in [7, 11) is -1.70. The Bertz CT molecular complexity index is 1760. The summed E-state index contributed by atoms with van der Waals surface area (Å²) >= 11 is 12.5. The summed E-state index contributed by atoms with van der Waals surface area (Å²) in [5.41, 5.74) is 4.39. The van der Waals surface area contributed by atoms with Gasteiger partial charge in [0, 0.05) is 63.4 Å². The molecule has 2 amide bonds. The average molecular weight is 642 g/mol. The molecule has 2 N–H and O–H groups in total. The number of hydrogen-bond acceptors (Lipinski definition) is 5. The number of sulfone groups is 1. The van der Waals surface area contributed by atoms with E-state index in [2.05, 4.69) is 22.2 Å². The number of fused-ring (bicyclic) bond motifs is 1. The molecule has 2 fully saturated rings. The van der Waals surface area contributed by atoms with Crippen LogP contribution in [0.3, 0.4) is 0 Å². The van der Waals surface area contributed by atoms with Gasteiger partial charge in [-0.15, -0.1) is 0 Å². The first kappa shape index (κ1) is 29.9. The molecule has 2 aromatic carbocycles. The molecule has 3 heterocycles. The Labute approximate surface area is 262 Å². The first-order chi connectivity index (χ1) is 20.4. The van der Waals surface area contributed by atoms with E-state index in [1.165, 1.54) is 25.0 Å². The van der Waals surface area contributed by atoms with E-state index < -0.39 is 9.84 Å². The van der Waals surface area contributed by atoms with E-state index in [1.807, 2.05) is 18.7 Å². The summed E-state index contributed by atoms with van der Waals surface area (Å²) in [6, 6.07) is 10.2. The summed E-state index contributed by atoms with van der Waals surface area (Å²) in [5, 5.41) is 3.37. The van der Waals surface area contributed by atoms with Gasteiger partial charge >= 0.3 is 0 Å². The molecule has 8 nitrogen and oxygen atoms in total. The molecule has 3 aliphatic rings. The highest BCUT2D eigenvalue weighted by atomic mass is 35.5. The Morgan fingerprint density at radius 1 is 1.12 bits per heavy atom. The van der Waals surface area contributed by atoms with Crippen LogP contribution >= 0.6 is 23.2 Å². The summed E-state index contributed by atoms with van der Waals surface area (Å²) in [6.45, 7) is 5.36. The van der Waals surface area contributed by atoms with Crippen molar-refractivity contribution in [1.82, 2.24) is 14.8 Å². The van der Waals surface area contributed by atoms with Crippen molar-refractivity contribution in [2.75, 3.05) is 25.5 Å². The van der Waals surface area contributed by atoms with E-state index >= 15 is 0 Å². The number of hydrogen-bond donors (Lipinski definition) is 2. The zero-order valence-electron chi connectivity index (χ0n) is 24.3. The van der Waals surface area contributed by atoms with Crippen LogP contribution in [0.5, 0.6) is 0 Å². The number of halogens is 2. The number of carbonyl (C=O) groups is 2. The molecule has 1 atom stereocenters. The van der Waals surface area contributed by atoms with Gasteiger partial charge in [0.05, 0.1) is 21.8 Å². The number of benzene rings is 2. The minimum absolute atomic E-state index is 0.00508. The molecule has 226 valence electrons. The fourth-order valence-electron chi connectivity index (χ4n) is 6.26. The smallest absolute Gasteiger partial charge is 0.256 e. The average Bonchev–Trinajstić information content (AvgIpc) is 3.55. The largest absolute Gasteiger partial charge is 0.358 e. The number of likely N-dealkylation sites (N-methyl/N-ethyl adjacent to an activating group) is 1. The van der Waals surface area contributed by atoms with Crippen molar-refractivity contribution in [3.63, 3.8) is 0 Å². The molecule has 0 spiro atoms. The normalized spacial score (nSPS) is 19.4. The number of carbonyl (C=O) groups excluding carboxylic acids is 2. The lowest BCUT2D eigenvalue weighted by Gasteiger charge is -2.29. The van der Waals surface area contributed by atoms with Gasteiger partial charge in [0.25, 0.3) is 11.8 Å². The molecule has 1 aliphatic carbocycles. The monoisotopic (exact) mass is 640 g/mol. The molecule has 6 rings (SSSR count). The van der Waals surface area contributed by atoms with Crippen molar-refractivity contribution < 1.29 is 18.0 Å². The van der Waals surface area contributed by atoms with Crippen molar-refractivity contribution in [2.45, 2.75) is 62.3 Å². The molecule has 0 unspecified atom stereocenters. The first-order valence-electron chi connectivity index (χ1n) is 14.5. The van der Waals surface area contributed by atoms with Crippen molar-refractivity contribution in [2.24, 2.45) is 0 Å². The van der Waals surface area contributed by atoms with Crippen molar-refractivity contribution in [1.29, 1.82) is 0 Å². The summed E-state index contributed by atoms with van der Waals surface area (Å²) in [5.74, 6) is -0.717. The number of aromatic amines is 1. The number of likely N-dealkylation sites (tertiary alicyclic amines) is 1. The van der Waals surface area contributed by atoms with E-state index in [1.54, 1.807) is 30.3 Å². The fourth-order valence-corrected chi connectivity index (χ4v) is 8.38. The second-order valence-corrected chi connectivity index (χ2v) is 14.6. The number of anilines is 1. The van der Waals surface area contributed by atoms with E-state index in [4.69, 9.17) is 23.2 Å². The minimum Gasteiger partial charge on any atom is -0.358 e. The van der Waals surface area contributed by atoms with Crippen molar-refractivity contribution in [3.05, 3.63) is 80.1 Å². The number of H-pyrrole nitrogens is 1. The molecule has 0 bridgehead atoms. The molecule has 2 aliphatic heterocycles. The lowest BCUT2D eigenvalue weighted by molar-refractivity contribution is -0.110. The van der Waals surface area contributed by atoms with Gasteiger partial charge in [0.1, 0.15) is 0 Å². The zero-order valence-corrected chi connectivity index (χ0v) is 26.7. The van der Waals surface area contributed by atoms with Gasteiger partial charge < -0.3 is 20.1 Å². The van der Waals surface area contributed by atoms with Gasteiger partial charge in [-0.25, -0.2) is 8.42 Å². The number of rotatable bonds is 8. The molecule has 1 saturated heterocycles. The molecule has 3 aromatic rings. The van der Waals surface area contributed by atoms with Crippen molar-refractivity contribution >= 4 is 62.2 Å². The van der Waals surface area contributed by atoms with Crippen molar-refractivity contribution in [3.8, 4) is 0 Å². The number of nitrogens with one attached hydrogen (secondary N) is 2. The molecule has 11 heteroatoms. The predicted octanol–water partition coefficient (Wildman–Crippen LogP) is 6.10. The van der Waals surface area contributed by atoms with Gasteiger partial charge in [0.2, 0.25) is 0 Å². The lowest BCUT2D eigenvalue weighted by Crippen LogP contribution is -2.43. The maximum Gasteiger partial charge on any atom is 0.256 e. The third-order valence-electron chi connectivity index (χ3n) is 8.81. The first-order valence-corrected chi connectivity index (χ1v) is 16.9. The highest BCUT2D eigenvalue weighted by Crippen LogP contribution is 2.37. The molecule has 1 aromatic heterocycles. The van der Waals surface area contributed by atoms with E-state index in [-0.39, 0.29) is 38.5 Å². The predicted molar refractivity (Wildman–Crippen MR) is 170 cm³/mol. The second-order valence-electron chi connectivity index (χ2n) is 11.8. The molecule has 43 heavy (non-hydrogen) atoms. The Hall–Kier alpha value is -3.11. The number of nitrogens with zero attached hydrogens (tertiary/aromatic N) is 2. The maximum absolute atomic E-state index is 13.8. The molecular weight excluding hydrogens is 607 g/mol. The van der Waals surface area contributed by atoms with Gasteiger partial charge in [0.15, 0.2) is 9.84 Å². The van der Waals surface area contributed by atoms with Crippen LogP contribution in [0.15, 0.2) is 41.3 Å². The third kappa shape index (κ3) is 5.76. The van der Waals surface area contributed by atoms with E-state index in [9.17, 15) is 18.0 Å². The minimum atomic E-state index is -3.84. The SMILES string of the molecule is Cc1[nH]c(C=C2C(=O)Nc3ccc(S(=O)(=O)Cc4c(Cl)cccc4Cl)cc32)c(C)c1C(=O)N1CCC[C@H]1CN(C)C1CC1. The van der Waals surface area contributed by atoms with Gasteiger partial charge in [-0.3, -0.25) is 9.59 Å². The number of aromatic nitrogens is 1. The van der Waals surface area contributed by atoms with Crippen LogP contribution < -0.4 is 5.32 Å². The highest BCUT2D eigenvalue weighted by Gasteiger charge is 2.36. The third-order valence-corrected chi connectivity index (χ3v) is 11.2. The zero-order chi connectivity index (χ0) is 30.6. The van der Waals surface area contributed by atoms with Gasteiger partial charge in [-0.2, -0.15) is 0 Å². The van der Waals surface area contributed by atoms with Gasteiger partial charge in [-0.05, 0) is 88.5 Å². The van der Waals surface area contributed by atoms with Crippen LogP contribution in [0.1, 0.15) is 64.1 Å². The Morgan fingerprint density at radius 2 is 1.84 bits per heavy atom. The Morgan fingerprint density at radius 3 is 2.53 bits per heavy atom. The lowest BCUT2D eigenvalue weighted by atomic mass is 10.0. The molecule has 0 radical (unpaired) electrons. The van der Waals surface area contributed by atoms with Crippen LogP contribution in [0.2, 0.25) is 10.0 Å². The van der Waals surface area contributed by atoms with Crippen LogP contribution in [0.4, 0.5) is 5.69 Å². The Balaban J connectivity index is 1.29. The summed E-state index contributed by atoms with van der Waals surface area (Å²) in [4.78, 5) is 34.6. The Kier molecular flexibility index (Phi) is 7.96. The quantitative estimate of drug-likeness (QED) is 0.290. The number of aryl methyl sites for hydroxylation is 1. The summed E-state index contributed by atoms with van der Waals surface area (Å²) in [6.07, 6.45) is 6.13. The topological polar surface area (TPSA) is 103 Å². The van der Waals surface area contributed by atoms with Crippen LogP contribution in [-0.2, 0) is 20.4 Å². The van der Waals surface area contributed by atoms with Crippen LogP contribution in [0.25, 0.3) is 11.6 Å². The standard InChI is InChI=1S/C32H34Cl2N4O4S/c1-18-29(35-19(2)30(18)32(40)38-13-5-6-21(38)16-37(3)20-9-10-20)15-24-23-14-22(11-12-28(23)36-31(24)39)43(41,42)17-25-26(33)7-4-8-27(25)34/h4,7-8,11-12,14-15,20-21,35H,5-6,9-10,13,16-17H2,1-3H3,(H,36,39)/t21-/m0/s1. The van der Waals surface area contributed by atoms with Crippen LogP contribution in [-0.4, -0.2) is 67.2 Å². The van der Waals surface area contributed by atoms with Gasteiger partial charge in [-0.1, -0.05) is 29.3 Å². The second kappa shape index (κ2) is 11.4. The molecular formula is C32H34Cl2N4O4S. The molecule has 1 saturated carbocycles. The maximum atomic E-state index is 13.8. The highest BCUT2D eigenvalue weighted by molar-refractivity contribution is 7.90. The van der Waals surface area contributed by atoms with Crippen LogP contribution in [0, 0.1) is 13.8 Å². The fraction of sp³-hybridized carbons (Fsp3) is 0.375. The summed E-state index contributed by atoms with van der Waals surface area (Å²) < 4.78 is 26.8.